The Balaban J connectivity index is 1.65. The van der Waals surface area contributed by atoms with E-state index in [-0.39, 0.29) is 0 Å². The molecule has 4 nitrogen and oxygen atoms in total. The monoisotopic (exact) mass is 390 g/mol. The fourth-order valence-electron chi connectivity index (χ4n) is 3.31. The van der Waals surface area contributed by atoms with Crippen molar-refractivity contribution in [1.82, 2.24) is 0 Å². The first-order valence-electron chi connectivity index (χ1n) is 9.77. The highest BCUT2D eigenvalue weighted by Crippen LogP contribution is 2.33. The predicted octanol–water partition coefficient (Wildman–Crippen LogP) is 5.77. The van der Waals surface area contributed by atoms with Gasteiger partial charge in [-0.3, -0.25) is 0 Å². The molecule has 0 fully saturated rings. The van der Waals surface area contributed by atoms with Crippen LogP contribution in [-0.2, 0) is 6.42 Å². The van der Waals surface area contributed by atoms with Crippen LogP contribution in [0.2, 0.25) is 0 Å². The molecule has 4 heteroatoms. The van der Waals surface area contributed by atoms with Crippen LogP contribution >= 0.6 is 0 Å². The normalized spacial score (nSPS) is 10.6. The Morgan fingerprint density at radius 2 is 1.62 bits per heavy atom. The molecule has 0 spiro atoms. The fourth-order valence-corrected chi connectivity index (χ4v) is 3.31. The van der Waals surface area contributed by atoms with E-state index < -0.39 is 5.97 Å². The maximum absolute atomic E-state index is 11.2. The van der Waals surface area contributed by atoms with Crippen LogP contribution in [0.1, 0.15) is 34.3 Å². The average molecular weight is 390 g/mol. The molecule has 1 N–H and O–H groups in total. The molecule has 0 radical (unpaired) electrons. The van der Waals surface area contributed by atoms with Gasteiger partial charge in [0.05, 0.1) is 19.3 Å². The number of carboxylic acids is 1. The molecule has 3 aromatic carbocycles. The van der Waals surface area contributed by atoms with Crippen molar-refractivity contribution in [2.24, 2.45) is 0 Å². The van der Waals surface area contributed by atoms with Gasteiger partial charge in [-0.25, -0.2) is 4.79 Å². The molecule has 3 rings (SSSR count). The van der Waals surface area contributed by atoms with Gasteiger partial charge >= 0.3 is 5.97 Å². The molecule has 0 saturated carbocycles. The van der Waals surface area contributed by atoms with Gasteiger partial charge in [-0.1, -0.05) is 48.5 Å². The Kier molecular flexibility index (Phi) is 6.90. The first-order valence-corrected chi connectivity index (χ1v) is 9.77. The quantitative estimate of drug-likeness (QED) is 0.471. The van der Waals surface area contributed by atoms with Crippen molar-refractivity contribution in [3.63, 3.8) is 0 Å². The standard InChI is InChI=1S/C25H26O4/c1-18-16-20(11-13-22(18)25(26)27)21-12-14-23(28-2)24(17-21)29-15-7-6-10-19-8-4-3-5-9-19/h3-5,8-9,11-14,16-17H,6-7,10,15H2,1-2H3,(H,26,27). The molecule has 0 unspecified atom stereocenters. The van der Waals surface area contributed by atoms with Crippen molar-refractivity contribution in [2.75, 3.05) is 13.7 Å². The van der Waals surface area contributed by atoms with Crippen molar-refractivity contribution in [3.05, 3.63) is 83.4 Å². The Morgan fingerprint density at radius 1 is 0.897 bits per heavy atom. The van der Waals surface area contributed by atoms with E-state index >= 15 is 0 Å². The Hall–Kier alpha value is -3.27. The van der Waals surface area contributed by atoms with E-state index in [0.29, 0.717) is 23.7 Å². The van der Waals surface area contributed by atoms with E-state index in [1.165, 1.54) is 5.56 Å². The van der Waals surface area contributed by atoms with Crippen LogP contribution in [0.25, 0.3) is 11.1 Å². The molecule has 3 aromatic rings. The van der Waals surface area contributed by atoms with Crippen molar-refractivity contribution < 1.29 is 19.4 Å². The summed E-state index contributed by atoms with van der Waals surface area (Å²) < 4.78 is 11.4. The Bertz CT molecular complexity index is 964. The number of benzene rings is 3. The van der Waals surface area contributed by atoms with Gasteiger partial charge in [0.1, 0.15) is 0 Å². The van der Waals surface area contributed by atoms with Crippen LogP contribution in [0.5, 0.6) is 11.5 Å². The van der Waals surface area contributed by atoms with E-state index in [1.807, 2.05) is 36.4 Å². The number of unbranched alkanes of at least 4 members (excludes halogenated alkanes) is 1. The summed E-state index contributed by atoms with van der Waals surface area (Å²) in [5.74, 6) is 0.476. The lowest BCUT2D eigenvalue weighted by atomic mass is 9.99. The number of hydrogen-bond donors (Lipinski definition) is 1. The number of carbonyl (C=O) groups is 1. The zero-order chi connectivity index (χ0) is 20.6. The average Bonchev–Trinajstić information content (AvgIpc) is 2.73. The smallest absolute Gasteiger partial charge is 0.335 e. The second-order valence-corrected chi connectivity index (χ2v) is 6.99. The third kappa shape index (κ3) is 5.38. The number of carboxylic acid groups (broad SMARTS) is 1. The van der Waals surface area contributed by atoms with Gasteiger partial charge in [0.2, 0.25) is 0 Å². The van der Waals surface area contributed by atoms with Gasteiger partial charge in [-0.2, -0.15) is 0 Å². The number of aromatic carboxylic acids is 1. The third-order valence-corrected chi connectivity index (χ3v) is 4.91. The van der Waals surface area contributed by atoms with E-state index in [1.54, 1.807) is 20.1 Å². The van der Waals surface area contributed by atoms with Crippen molar-refractivity contribution in [2.45, 2.75) is 26.2 Å². The van der Waals surface area contributed by atoms with Crippen LogP contribution in [0.4, 0.5) is 0 Å². The summed E-state index contributed by atoms with van der Waals surface area (Å²) in [6, 6.07) is 21.6. The first-order chi connectivity index (χ1) is 14.1. The van der Waals surface area contributed by atoms with E-state index in [2.05, 4.69) is 24.3 Å². The van der Waals surface area contributed by atoms with Crippen molar-refractivity contribution in [3.8, 4) is 22.6 Å². The third-order valence-electron chi connectivity index (χ3n) is 4.91. The summed E-state index contributed by atoms with van der Waals surface area (Å²) in [6.45, 7) is 2.42. The summed E-state index contributed by atoms with van der Waals surface area (Å²) in [6.07, 6.45) is 3.05. The molecule has 0 aliphatic heterocycles. The SMILES string of the molecule is COc1ccc(-c2ccc(C(=O)O)c(C)c2)cc1OCCCCc1ccccc1. The maximum Gasteiger partial charge on any atom is 0.335 e. The Labute approximate surface area is 171 Å². The minimum Gasteiger partial charge on any atom is -0.493 e. The van der Waals surface area contributed by atoms with Gasteiger partial charge in [0.25, 0.3) is 0 Å². The summed E-state index contributed by atoms with van der Waals surface area (Å²) in [5.41, 5.74) is 4.30. The molecule has 0 bridgehead atoms. The largest absolute Gasteiger partial charge is 0.493 e. The predicted molar refractivity (Wildman–Crippen MR) is 115 cm³/mol. The molecule has 0 saturated heterocycles. The molecule has 0 aromatic heterocycles. The molecule has 0 aliphatic carbocycles. The second-order valence-electron chi connectivity index (χ2n) is 6.99. The van der Waals surface area contributed by atoms with Crippen LogP contribution in [0.15, 0.2) is 66.7 Å². The lowest BCUT2D eigenvalue weighted by molar-refractivity contribution is 0.0696. The van der Waals surface area contributed by atoms with Gasteiger partial charge in [-0.15, -0.1) is 0 Å². The summed E-state index contributed by atoms with van der Waals surface area (Å²) in [7, 11) is 1.63. The summed E-state index contributed by atoms with van der Waals surface area (Å²) in [4.78, 5) is 11.2. The molecule has 0 aliphatic rings. The highest BCUT2D eigenvalue weighted by Gasteiger charge is 2.11. The lowest BCUT2D eigenvalue weighted by Crippen LogP contribution is -2.01. The molecule has 150 valence electrons. The van der Waals surface area contributed by atoms with Crippen LogP contribution in [0.3, 0.4) is 0 Å². The Morgan fingerprint density at radius 3 is 2.31 bits per heavy atom. The molecule has 0 amide bonds. The zero-order valence-corrected chi connectivity index (χ0v) is 16.9. The first kappa shape index (κ1) is 20.5. The van der Waals surface area contributed by atoms with Crippen LogP contribution in [0, 0.1) is 6.92 Å². The van der Waals surface area contributed by atoms with Crippen LogP contribution < -0.4 is 9.47 Å². The van der Waals surface area contributed by atoms with E-state index in [4.69, 9.17) is 9.47 Å². The summed E-state index contributed by atoms with van der Waals surface area (Å²) in [5, 5.41) is 9.22. The highest BCUT2D eigenvalue weighted by atomic mass is 16.5. The fraction of sp³-hybridized carbons (Fsp3) is 0.240. The van der Waals surface area contributed by atoms with Gasteiger partial charge in [-0.05, 0) is 66.6 Å². The zero-order valence-electron chi connectivity index (χ0n) is 16.9. The number of ether oxygens (including phenoxy) is 2. The van der Waals surface area contributed by atoms with Crippen molar-refractivity contribution in [1.29, 1.82) is 0 Å². The number of hydrogen-bond acceptors (Lipinski definition) is 3. The molecule has 29 heavy (non-hydrogen) atoms. The molecule has 0 atom stereocenters. The van der Waals surface area contributed by atoms with Gasteiger partial charge in [0.15, 0.2) is 11.5 Å². The summed E-state index contributed by atoms with van der Waals surface area (Å²) >= 11 is 0. The van der Waals surface area contributed by atoms with Crippen LogP contribution in [-0.4, -0.2) is 24.8 Å². The van der Waals surface area contributed by atoms with E-state index in [0.717, 1.165) is 36.0 Å². The minimum absolute atomic E-state index is 0.317. The van der Waals surface area contributed by atoms with Crippen molar-refractivity contribution >= 4 is 5.97 Å². The highest BCUT2D eigenvalue weighted by molar-refractivity contribution is 5.90. The van der Waals surface area contributed by atoms with E-state index in [9.17, 15) is 9.90 Å². The van der Waals surface area contributed by atoms with Gasteiger partial charge in [0, 0.05) is 0 Å². The molecular formula is C25H26O4. The number of aryl methyl sites for hydroxylation is 2. The molecular weight excluding hydrogens is 364 g/mol. The second kappa shape index (κ2) is 9.78. The minimum atomic E-state index is -0.914. The van der Waals surface area contributed by atoms with Gasteiger partial charge < -0.3 is 14.6 Å². The maximum atomic E-state index is 11.2. The molecule has 0 heterocycles. The number of methoxy groups -OCH3 is 1. The topological polar surface area (TPSA) is 55.8 Å². The number of rotatable bonds is 9. The lowest BCUT2D eigenvalue weighted by Gasteiger charge is -2.13.